The zero-order valence-electron chi connectivity index (χ0n) is 10.0. The molecule has 3 aromatic rings. The summed E-state index contributed by atoms with van der Waals surface area (Å²) in [6.07, 6.45) is 5.44. The van der Waals surface area contributed by atoms with Gasteiger partial charge in [0.25, 0.3) is 0 Å². The number of pyridine rings is 2. The summed E-state index contributed by atoms with van der Waals surface area (Å²) in [5, 5.41) is 9.58. The second kappa shape index (κ2) is 4.23. The normalized spacial score (nSPS) is 11.0. The average molecular weight is 239 g/mol. The van der Waals surface area contributed by atoms with E-state index in [1.807, 2.05) is 41.8 Å². The number of rotatable bonds is 2. The largest absolute Gasteiger partial charge is 0.390 e. The molecule has 0 saturated heterocycles. The number of aryl methyl sites for hydroxylation is 1. The van der Waals surface area contributed by atoms with Crippen molar-refractivity contribution in [1.82, 2.24) is 14.4 Å². The molecule has 0 aliphatic heterocycles. The molecule has 0 aliphatic rings. The van der Waals surface area contributed by atoms with Crippen molar-refractivity contribution < 1.29 is 5.11 Å². The highest BCUT2D eigenvalue weighted by Crippen LogP contribution is 2.24. The van der Waals surface area contributed by atoms with Crippen molar-refractivity contribution in [2.45, 2.75) is 13.5 Å². The molecule has 3 heterocycles. The first-order valence-corrected chi connectivity index (χ1v) is 5.78. The van der Waals surface area contributed by atoms with E-state index in [2.05, 4.69) is 9.97 Å². The Bertz CT molecular complexity index is 689. The molecule has 0 amide bonds. The molecular weight excluding hydrogens is 226 g/mol. The highest BCUT2D eigenvalue weighted by atomic mass is 16.3. The molecule has 0 spiro atoms. The van der Waals surface area contributed by atoms with Gasteiger partial charge in [-0.25, -0.2) is 4.98 Å². The molecule has 0 atom stereocenters. The quantitative estimate of drug-likeness (QED) is 0.745. The number of aromatic nitrogens is 3. The van der Waals surface area contributed by atoms with E-state index in [-0.39, 0.29) is 6.61 Å². The Morgan fingerprint density at radius 2 is 1.94 bits per heavy atom. The number of hydrogen-bond donors (Lipinski definition) is 1. The van der Waals surface area contributed by atoms with Gasteiger partial charge in [0.1, 0.15) is 5.65 Å². The Hall–Kier alpha value is -2.20. The standard InChI is InChI=1S/C14H13N3O/c1-10-2-3-13-16-14(11-4-6-15-7-5-11)12(9-18)17(13)8-10/h2-8,18H,9H2,1H3. The minimum absolute atomic E-state index is 0.0394. The number of aliphatic hydroxyl groups excluding tert-OH is 1. The van der Waals surface area contributed by atoms with Crippen LogP contribution < -0.4 is 0 Å². The maximum absolute atomic E-state index is 9.58. The van der Waals surface area contributed by atoms with Crippen LogP contribution >= 0.6 is 0 Å². The van der Waals surface area contributed by atoms with E-state index >= 15 is 0 Å². The van der Waals surface area contributed by atoms with Crippen LogP contribution in [-0.4, -0.2) is 19.5 Å². The summed E-state index contributed by atoms with van der Waals surface area (Å²) in [7, 11) is 0. The van der Waals surface area contributed by atoms with Crippen molar-refractivity contribution in [2.24, 2.45) is 0 Å². The highest BCUT2D eigenvalue weighted by molar-refractivity contribution is 5.66. The maximum atomic E-state index is 9.58. The lowest BCUT2D eigenvalue weighted by atomic mass is 10.1. The SMILES string of the molecule is Cc1ccc2nc(-c3ccncc3)c(CO)n2c1. The van der Waals surface area contributed by atoms with E-state index in [1.165, 1.54) is 0 Å². The van der Waals surface area contributed by atoms with Gasteiger partial charge in [0.15, 0.2) is 0 Å². The third-order valence-corrected chi connectivity index (χ3v) is 2.97. The predicted molar refractivity (Wildman–Crippen MR) is 69.1 cm³/mol. The van der Waals surface area contributed by atoms with Gasteiger partial charge in [-0.05, 0) is 30.7 Å². The van der Waals surface area contributed by atoms with E-state index in [4.69, 9.17) is 0 Å². The van der Waals surface area contributed by atoms with Crippen LogP contribution in [0.3, 0.4) is 0 Å². The smallest absolute Gasteiger partial charge is 0.137 e. The van der Waals surface area contributed by atoms with Gasteiger partial charge in [-0.15, -0.1) is 0 Å². The fraction of sp³-hybridized carbons (Fsp3) is 0.143. The topological polar surface area (TPSA) is 50.4 Å². The van der Waals surface area contributed by atoms with Crippen LogP contribution in [0.5, 0.6) is 0 Å². The number of hydrogen-bond acceptors (Lipinski definition) is 3. The van der Waals surface area contributed by atoms with Crippen LogP contribution in [0.15, 0.2) is 42.9 Å². The van der Waals surface area contributed by atoms with Gasteiger partial charge in [0.05, 0.1) is 18.0 Å². The highest BCUT2D eigenvalue weighted by Gasteiger charge is 2.12. The lowest BCUT2D eigenvalue weighted by molar-refractivity contribution is 0.276. The summed E-state index contributed by atoms with van der Waals surface area (Å²) in [6, 6.07) is 7.76. The van der Waals surface area contributed by atoms with Crippen LogP contribution in [0.25, 0.3) is 16.9 Å². The minimum Gasteiger partial charge on any atom is -0.390 e. The Kier molecular flexibility index (Phi) is 2.57. The summed E-state index contributed by atoms with van der Waals surface area (Å²) in [5.74, 6) is 0. The zero-order chi connectivity index (χ0) is 12.5. The van der Waals surface area contributed by atoms with E-state index in [0.717, 1.165) is 28.2 Å². The van der Waals surface area contributed by atoms with Gasteiger partial charge in [-0.3, -0.25) is 4.98 Å². The number of imidazole rings is 1. The average Bonchev–Trinajstić information content (AvgIpc) is 2.77. The lowest BCUT2D eigenvalue weighted by Gasteiger charge is -2.02. The van der Waals surface area contributed by atoms with E-state index < -0.39 is 0 Å². The molecule has 4 nitrogen and oxygen atoms in total. The molecule has 0 fully saturated rings. The summed E-state index contributed by atoms with van der Waals surface area (Å²) in [5.41, 5.74) is 4.56. The van der Waals surface area contributed by atoms with Crippen LogP contribution in [0.4, 0.5) is 0 Å². The minimum atomic E-state index is -0.0394. The molecule has 0 bridgehead atoms. The van der Waals surface area contributed by atoms with E-state index in [9.17, 15) is 5.11 Å². The molecule has 0 radical (unpaired) electrons. The molecule has 3 rings (SSSR count). The molecule has 3 aromatic heterocycles. The molecule has 0 aliphatic carbocycles. The monoisotopic (exact) mass is 239 g/mol. The number of fused-ring (bicyclic) bond motifs is 1. The third kappa shape index (κ3) is 1.67. The Balaban J connectivity index is 2.30. The summed E-state index contributed by atoms with van der Waals surface area (Å²) < 4.78 is 1.94. The molecule has 18 heavy (non-hydrogen) atoms. The second-order valence-corrected chi connectivity index (χ2v) is 4.24. The van der Waals surface area contributed by atoms with Crippen LogP contribution in [0.2, 0.25) is 0 Å². The first-order valence-electron chi connectivity index (χ1n) is 5.78. The Labute approximate surface area is 105 Å². The molecule has 1 N–H and O–H groups in total. The van der Waals surface area contributed by atoms with Crippen LogP contribution in [0.1, 0.15) is 11.3 Å². The molecule has 0 unspecified atom stereocenters. The van der Waals surface area contributed by atoms with E-state index in [1.54, 1.807) is 12.4 Å². The fourth-order valence-electron chi connectivity index (χ4n) is 2.09. The van der Waals surface area contributed by atoms with Crippen LogP contribution in [0, 0.1) is 6.92 Å². The van der Waals surface area contributed by atoms with Gasteiger partial charge >= 0.3 is 0 Å². The van der Waals surface area contributed by atoms with Crippen molar-refractivity contribution in [3.63, 3.8) is 0 Å². The molecule has 0 aromatic carbocycles. The third-order valence-electron chi connectivity index (χ3n) is 2.97. The Morgan fingerprint density at radius 3 is 2.67 bits per heavy atom. The predicted octanol–water partition coefficient (Wildman–Crippen LogP) is 2.20. The van der Waals surface area contributed by atoms with E-state index in [0.29, 0.717) is 0 Å². The molecular formula is C14H13N3O. The van der Waals surface area contributed by atoms with Gasteiger partial charge in [0.2, 0.25) is 0 Å². The number of nitrogens with zero attached hydrogens (tertiary/aromatic N) is 3. The summed E-state index contributed by atoms with van der Waals surface area (Å²) in [6.45, 7) is 1.98. The zero-order valence-corrected chi connectivity index (χ0v) is 10.0. The first-order chi connectivity index (χ1) is 8.79. The summed E-state index contributed by atoms with van der Waals surface area (Å²) >= 11 is 0. The second-order valence-electron chi connectivity index (χ2n) is 4.24. The van der Waals surface area contributed by atoms with Crippen molar-refractivity contribution in [3.8, 4) is 11.3 Å². The van der Waals surface area contributed by atoms with Gasteiger partial charge in [-0.1, -0.05) is 6.07 Å². The lowest BCUT2D eigenvalue weighted by Crippen LogP contribution is -1.94. The molecule has 0 saturated carbocycles. The van der Waals surface area contributed by atoms with Crippen LogP contribution in [-0.2, 0) is 6.61 Å². The Morgan fingerprint density at radius 1 is 1.17 bits per heavy atom. The van der Waals surface area contributed by atoms with Gasteiger partial charge in [0, 0.05) is 24.2 Å². The number of aliphatic hydroxyl groups is 1. The summed E-state index contributed by atoms with van der Waals surface area (Å²) in [4.78, 5) is 8.57. The fourth-order valence-corrected chi connectivity index (χ4v) is 2.09. The van der Waals surface area contributed by atoms with Gasteiger partial charge < -0.3 is 9.51 Å². The van der Waals surface area contributed by atoms with Crippen molar-refractivity contribution >= 4 is 5.65 Å². The van der Waals surface area contributed by atoms with Crippen molar-refractivity contribution in [1.29, 1.82) is 0 Å². The molecule has 90 valence electrons. The maximum Gasteiger partial charge on any atom is 0.137 e. The first kappa shape index (κ1) is 10.9. The van der Waals surface area contributed by atoms with Crippen molar-refractivity contribution in [3.05, 3.63) is 54.1 Å². The van der Waals surface area contributed by atoms with Crippen molar-refractivity contribution in [2.75, 3.05) is 0 Å². The van der Waals surface area contributed by atoms with Gasteiger partial charge in [-0.2, -0.15) is 0 Å². The molecule has 4 heteroatoms.